The predicted octanol–water partition coefficient (Wildman–Crippen LogP) is 3.03. The molecule has 1 aliphatic heterocycles. The zero-order valence-electron chi connectivity index (χ0n) is 11.0. The fourth-order valence-electron chi connectivity index (χ4n) is 2.57. The van der Waals surface area contributed by atoms with Crippen molar-refractivity contribution in [2.24, 2.45) is 0 Å². The first-order chi connectivity index (χ1) is 9.24. The first-order valence-corrected chi connectivity index (χ1v) is 7.53. The van der Waals surface area contributed by atoms with Crippen molar-refractivity contribution >= 4 is 11.3 Å². The van der Waals surface area contributed by atoms with Crippen LogP contribution < -0.4 is 0 Å². The number of thiazole rings is 1. The van der Waals surface area contributed by atoms with Crippen LogP contribution in [-0.4, -0.2) is 27.8 Å². The van der Waals surface area contributed by atoms with E-state index in [9.17, 15) is 5.11 Å². The second-order valence-corrected chi connectivity index (χ2v) is 5.91. The zero-order chi connectivity index (χ0) is 13.2. The molecule has 0 bridgehead atoms. The van der Waals surface area contributed by atoms with E-state index in [0.717, 1.165) is 31.6 Å². The third-order valence-corrected chi connectivity index (χ3v) is 4.65. The Bertz CT molecular complexity index is 550. The Labute approximate surface area is 117 Å². The molecule has 0 saturated carbocycles. The summed E-state index contributed by atoms with van der Waals surface area (Å²) in [4.78, 5) is 7.66. The van der Waals surface area contributed by atoms with Crippen LogP contribution >= 0.6 is 11.3 Å². The number of likely N-dealkylation sites (tertiary alicyclic amines) is 1. The van der Waals surface area contributed by atoms with Gasteiger partial charge in [-0.1, -0.05) is 24.3 Å². The smallest absolute Gasteiger partial charge is 0.107 e. The summed E-state index contributed by atoms with van der Waals surface area (Å²) in [5.74, 6) is 0. The van der Waals surface area contributed by atoms with Crippen LogP contribution in [-0.2, 0) is 6.54 Å². The van der Waals surface area contributed by atoms with Crippen LogP contribution in [0.2, 0.25) is 0 Å². The Morgan fingerprint density at radius 3 is 2.74 bits per heavy atom. The van der Waals surface area contributed by atoms with Gasteiger partial charge in [0.2, 0.25) is 0 Å². The van der Waals surface area contributed by atoms with Gasteiger partial charge in [-0.15, -0.1) is 11.3 Å². The number of aromatic nitrogens is 1. The molecule has 4 heteroatoms. The summed E-state index contributed by atoms with van der Waals surface area (Å²) in [7, 11) is 0. The topological polar surface area (TPSA) is 36.4 Å². The van der Waals surface area contributed by atoms with E-state index in [0.29, 0.717) is 0 Å². The van der Waals surface area contributed by atoms with Gasteiger partial charge >= 0.3 is 0 Å². The van der Waals surface area contributed by atoms with Crippen molar-refractivity contribution < 1.29 is 5.11 Å². The molecule has 2 aromatic rings. The Hall–Kier alpha value is -1.23. The largest absolute Gasteiger partial charge is 0.378 e. The second-order valence-electron chi connectivity index (χ2n) is 5.06. The average molecular weight is 274 g/mol. The molecule has 1 aliphatic rings. The molecule has 1 aromatic carbocycles. The first kappa shape index (κ1) is 12.8. The summed E-state index contributed by atoms with van der Waals surface area (Å²) in [6.45, 7) is 3.88. The van der Waals surface area contributed by atoms with Crippen molar-refractivity contribution in [3.8, 4) is 10.4 Å². The van der Waals surface area contributed by atoms with Crippen LogP contribution in [0, 0.1) is 6.92 Å². The predicted molar refractivity (Wildman–Crippen MR) is 77.9 cm³/mol. The third kappa shape index (κ3) is 2.71. The highest BCUT2D eigenvalue weighted by molar-refractivity contribution is 7.13. The van der Waals surface area contributed by atoms with Crippen molar-refractivity contribution in [3.63, 3.8) is 0 Å². The molecule has 1 unspecified atom stereocenters. The highest BCUT2D eigenvalue weighted by Gasteiger charge is 2.21. The van der Waals surface area contributed by atoms with Crippen molar-refractivity contribution in [2.45, 2.75) is 32.5 Å². The summed E-state index contributed by atoms with van der Waals surface area (Å²) in [5.41, 5.74) is 5.46. The monoisotopic (exact) mass is 274 g/mol. The number of nitrogens with zero attached hydrogens (tertiary/aromatic N) is 2. The van der Waals surface area contributed by atoms with Crippen LogP contribution in [0.15, 0.2) is 29.8 Å². The molecular formula is C15H18N2OS. The van der Waals surface area contributed by atoms with E-state index in [2.05, 4.69) is 34.1 Å². The summed E-state index contributed by atoms with van der Waals surface area (Å²) >= 11 is 1.68. The van der Waals surface area contributed by atoms with Gasteiger partial charge < -0.3 is 5.11 Å². The van der Waals surface area contributed by atoms with Crippen molar-refractivity contribution in [2.75, 3.05) is 6.54 Å². The Kier molecular flexibility index (Phi) is 3.64. The lowest BCUT2D eigenvalue weighted by Crippen LogP contribution is -2.28. The summed E-state index contributed by atoms with van der Waals surface area (Å²) in [5, 5.41) is 9.81. The van der Waals surface area contributed by atoms with E-state index in [1.807, 2.05) is 12.4 Å². The van der Waals surface area contributed by atoms with Gasteiger partial charge in [0.25, 0.3) is 0 Å². The molecule has 1 fully saturated rings. The number of aliphatic hydroxyl groups is 1. The molecule has 1 N–H and O–H groups in total. The molecule has 100 valence electrons. The standard InChI is InChI=1S/C15H18N2OS/c1-11-15(19-10-16-11)13-6-4-12(5-7-13)9-17-8-2-3-14(17)18/h4-7,10,14,18H,2-3,8-9H2,1H3. The molecule has 1 aromatic heterocycles. The summed E-state index contributed by atoms with van der Waals surface area (Å²) in [6, 6.07) is 8.61. The summed E-state index contributed by atoms with van der Waals surface area (Å²) in [6.07, 6.45) is 1.74. The minimum atomic E-state index is -0.261. The highest BCUT2D eigenvalue weighted by Crippen LogP contribution is 2.27. The van der Waals surface area contributed by atoms with E-state index in [1.165, 1.54) is 16.0 Å². The minimum absolute atomic E-state index is 0.261. The molecule has 1 saturated heterocycles. The highest BCUT2D eigenvalue weighted by atomic mass is 32.1. The molecule has 3 nitrogen and oxygen atoms in total. The van der Waals surface area contributed by atoms with Gasteiger partial charge in [-0.25, -0.2) is 4.98 Å². The number of hydrogen-bond acceptors (Lipinski definition) is 4. The van der Waals surface area contributed by atoms with E-state index in [-0.39, 0.29) is 6.23 Å². The number of aliphatic hydroxyl groups excluding tert-OH is 1. The van der Waals surface area contributed by atoms with Crippen LogP contribution in [0.4, 0.5) is 0 Å². The molecule has 0 radical (unpaired) electrons. The second kappa shape index (κ2) is 5.41. The maximum Gasteiger partial charge on any atom is 0.107 e. The molecule has 3 rings (SSSR count). The van der Waals surface area contributed by atoms with Crippen LogP contribution in [0.5, 0.6) is 0 Å². The van der Waals surface area contributed by atoms with Gasteiger partial charge in [-0.3, -0.25) is 4.90 Å². The molecule has 0 spiro atoms. The quantitative estimate of drug-likeness (QED) is 0.934. The van der Waals surface area contributed by atoms with Gasteiger partial charge in [-0.05, 0) is 30.9 Å². The van der Waals surface area contributed by atoms with E-state index in [1.54, 1.807) is 11.3 Å². The molecule has 2 heterocycles. The Balaban J connectivity index is 1.74. The molecule has 0 amide bonds. The van der Waals surface area contributed by atoms with Crippen molar-refractivity contribution in [3.05, 3.63) is 41.0 Å². The molecule has 19 heavy (non-hydrogen) atoms. The lowest BCUT2D eigenvalue weighted by Gasteiger charge is -2.19. The van der Waals surface area contributed by atoms with Crippen molar-refractivity contribution in [1.29, 1.82) is 0 Å². The zero-order valence-corrected chi connectivity index (χ0v) is 11.9. The van der Waals surface area contributed by atoms with Crippen molar-refractivity contribution in [1.82, 2.24) is 9.88 Å². The fraction of sp³-hybridized carbons (Fsp3) is 0.400. The normalized spacial score (nSPS) is 20.0. The number of rotatable bonds is 3. The molecule has 0 aliphatic carbocycles. The Morgan fingerprint density at radius 2 is 2.16 bits per heavy atom. The molecular weight excluding hydrogens is 256 g/mol. The average Bonchev–Trinajstić information content (AvgIpc) is 3.00. The van der Waals surface area contributed by atoms with Gasteiger partial charge in [0.05, 0.1) is 16.1 Å². The minimum Gasteiger partial charge on any atom is -0.378 e. The summed E-state index contributed by atoms with van der Waals surface area (Å²) < 4.78 is 0. The Morgan fingerprint density at radius 1 is 1.37 bits per heavy atom. The van der Waals surface area contributed by atoms with Gasteiger partial charge in [0, 0.05) is 13.1 Å². The van der Waals surface area contributed by atoms with E-state index < -0.39 is 0 Å². The van der Waals surface area contributed by atoms with Crippen LogP contribution in [0.1, 0.15) is 24.1 Å². The molecule has 1 atom stereocenters. The first-order valence-electron chi connectivity index (χ1n) is 6.65. The maximum atomic E-state index is 9.81. The lowest BCUT2D eigenvalue weighted by atomic mass is 10.1. The SMILES string of the molecule is Cc1ncsc1-c1ccc(CN2CCCC2O)cc1. The fourth-order valence-corrected chi connectivity index (χ4v) is 3.38. The lowest BCUT2D eigenvalue weighted by molar-refractivity contribution is 0.0328. The third-order valence-electron chi connectivity index (χ3n) is 3.68. The van der Waals surface area contributed by atoms with Gasteiger partial charge in [-0.2, -0.15) is 0 Å². The number of hydrogen-bond donors (Lipinski definition) is 1. The van der Waals surface area contributed by atoms with Gasteiger partial charge in [0.15, 0.2) is 0 Å². The maximum absolute atomic E-state index is 9.81. The van der Waals surface area contributed by atoms with Gasteiger partial charge in [0.1, 0.15) is 6.23 Å². The van der Waals surface area contributed by atoms with Crippen LogP contribution in [0.3, 0.4) is 0 Å². The van der Waals surface area contributed by atoms with Crippen LogP contribution in [0.25, 0.3) is 10.4 Å². The number of benzene rings is 1. The van der Waals surface area contributed by atoms with E-state index >= 15 is 0 Å². The van der Waals surface area contributed by atoms with E-state index in [4.69, 9.17) is 0 Å². The number of aryl methyl sites for hydroxylation is 1.